The Bertz CT molecular complexity index is 1050. The molecule has 0 unspecified atom stereocenters. The van der Waals surface area contributed by atoms with E-state index in [1.807, 2.05) is 30.0 Å². The lowest BCUT2D eigenvalue weighted by Crippen LogP contribution is -2.40. The molecule has 1 aliphatic rings. The van der Waals surface area contributed by atoms with E-state index >= 15 is 0 Å². The summed E-state index contributed by atoms with van der Waals surface area (Å²) in [4.78, 5) is 14.8. The molecule has 0 N–H and O–H groups in total. The van der Waals surface area contributed by atoms with Crippen molar-refractivity contribution in [2.75, 3.05) is 20.8 Å². The molecule has 0 saturated carbocycles. The highest BCUT2D eigenvalue weighted by Gasteiger charge is 2.26. The second-order valence-electron chi connectivity index (χ2n) is 6.98. The van der Waals surface area contributed by atoms with Crippen molar-refractivity contribution in [3.63, 3.8) is 0 Å². The molecule has 8 heteroatoms. The third-order valence-corrected chi connectivity index (χ3v) is 6.03. The van der Waals surface area contributed by atoms with Gasteiger partial charge in [0.15, 0.2) is 11.5 Å². The van der Waals surface area contributed by atoms with Crippen molar-refractivity contribution in [1.82, 2.24) is 15.1 Å². The first kappa shape index (κ1) is 20.3. The quantitative estimate of drug-likeness (QED) is 0.556. The van der Waals surface area contributed by atoms with Gasteiger partial charge in [-0.05, 0) is 42.7 Å². The van der Waals surface area contributed by atoms with Gasteiger partial charge in [-0.2, -0.15) is 0 Å². The number of nitrogens with zero attached hydrogens (tertiary/aromatic N) is 3. The molecule has 7 nitrogen and oxygen atoms in total. The SMILES string of the molecule is COc1ccc(-c2nnc(S[C@@H](C)C(=O)N3CCc4ccccc4C3)o2)cc1OC. The maximum Gasteiger partial charge on any atom is 0.277 e. The molecule has 1 aromatic heterocycles. The molecular formula is C22H23N3O4S. The van der Waals surface area contributed by atoms with Crippen LogP contribution in [0.2, 0.25) is 0 Å². The fourth-order valence-corrected chi connectivity index (χ4v) is 4.25. The number of aromatic nitrogens is 2. The summed E-state index contributed by atoms with van der Waals surface area (Å²) in [5.41, 5.74) is 3.25. The number of hydrogen-bond donors (Lipinski definition) is 0. The number of carbonyl (C=O) groups is 1. The number of amides is 1. The lowest BCUT2D eigenvalue weighted by molar-refractivity contribution is -0.131. The predicted octanol–water partition coefficient (Wildman–Crippen LogP) is 3.82. The third kappa shape index (κ3) is 4.14. The van der Waals surface area contributed by atoms with Crippen LogP contribution >= 0.6 is 11.8 Å². The Labute approximate surface area is 179 Å². The van der Waals surface area contributed by atoms with E-state index in [0.29, 0.717) is 29.2 Å². The van der Waals surface area contributed by atoms with Gasteiger partial charge in [-0.1, -0.05) is 36.0 Å². The van der Waals surface area contributed by atoms with Crippen molar-refractivity contribution in [2.24, 2.45) is 0 Å². The highest BCUT2D eigenvalue weighted by Crippen LogP contribution is 2.33. The van der Waals surface area contributed by atoms with E-state index in [1.54, 1.807) is 26.4 Å². The van der Waals surface area contributed by atoms with Crippen LogP contribution in [0.15, 0.2) is 52.1 Å². The zero-order valence-electron chi connectivity index (χ0n) is 17.1. The Morgan fingerprint density at radius 3 is 2.63 bits per heavy atom. The van der Waals surface area contributed by atoms with Crippen LogP contribution in [0.5, 0.6) is 11.5 Å². The molecule has 2 heterocycles. The number of fused-ring (bicyclic) bond motifs is 1. The van der Waals surface area contributed by atoms with Crippen molar-refractivity contribution in [3.8, 4) is 23.0 Å². The summed E-state index contributed by atoms with van der Waals surface area (Å²) in [6, 6.07) is 13.7. The van der Waals surface area contributed by atoms with E-state index in [0.717, 1.165) is 18.5 Å². The van der Waals surface area contributed by atoms with Crippen molar-refractivity contribution >= 4 is 17.7 Å². The summed E-state index contributed by atoms with van der Waals surface area (Å²) in [5, 5.41) is 8.25. The largest absolute Gasteiger partial charge is 0.493 e. The van der Waals surface area contributed by atoms with Crippen molar-refractivity contribution in [2.45, 2.75) is 30.4 Å². The molecule has 0 fully saturated rings. The van der Waals surface area contributed by atoms with Gasteiger partial charge in [0.2, 0.25) is 11.8 Å². The van der Waals surface area contributed by atoms with E-state index in [2.05, 4.69) is 22.3 Å². The Kier molecular flexibility index (Phi) is 5.94. The van der Waals surface area contributed by atoms with Gasteiger partial charge in [-0.3, -0.25) is 4.79 Å². The summed E-state index contributed by atoms with van der Waals surface area (Å²) in [6.45, 7) is 3.23. The van der Waals surface area contributed by atoms with E-state index in [1.165, 1.54) is 22.9 Å². The molecular weight excluding hydrogens is 402 g/mol. The Hall–Kier alpha value is -3.00. The summed E-state index contributed by atoms with van der Waals surface area (Å²) in [7, 11) is 3.15. The van der Waals surface area contributed by atoms with Crippen LogP contribution < -0.4 is 9.47 Å². The van der Waals surface area contributed by atoms with Gasteiger partial charge < -0.3 is 18.8 Å². The minimum Gasteiger partial charge on any atom is -0.493 e. The van der Waals surface area contributed by atoms with Gasteiger partial charge >= 0.3 is 0 Å². The summed E-state index contributed by atoms with van der Waals surface area (Å²) >= 11 is 1.27. The summed E-state index contributed by atoms with van der Waals surface area (Å²) < 4.78 is 16.4. The molecule has 4 rings (SSSR count). The topological polar surface area (TPSA) is 77.7 Å². The number of methoxy groups -OCH3 is 2. The lowest BCUT2D eigenvalue weighted by Gasteiger charge is -2.30. The second kappa shape index (κ2) is 8.79. The minimum absolute atomic E-state index is 0.0698. The molecule has 0 aliphatic carbocycles. The van der Waals surface area contributed by atoms with Gasteiger partial charge in [0.05, 0.1) is 19.5 Å². The molecule has 0 spiro atoms. The first-order chi connectivity index (χ1) is 14.6. The number of rotatable bonds is 6. The number of thioether (sulfide) groups is 1. The van der Waals surface area contributed by atoms with Crippen LogP contribution in [0.25, 0.3) is 11.5 Å². The van der Waals surface area contributed by atoms with Gasteiger partial charge in [0.25, 0.3) is 5.22 Å². The van der Waals surface area contributed by atoms with Crippen LogP contribution in [-0.4, -0.2) is 47.0 Å². The maximum absolute atomic E-state index is 12.9. The van der Waals surface area contributed by atoms with E-state index in [-0.39, 0.29) is 11.2 Å². The van der Waals surface area contributed by atoms with Crippen molar-refractivity contribution in [3.05, 3.63) is 53.6 Å². The standard InChI is InChI=1S/C22H23N3O4S/c1-14(21(26)25-11-10-15-6-4-5-7-17(15)13-25)30-22-24-23-20(29-22)16-8-9-18(27-2)19(12-16)28-3/h4-9,12,14H,10-11,13H2,1-3H3/t14-/m0/s1. The number of ether oxygens (including phenoxy) is 2. The molecule has 2 aromatic carbocycles. The van der Waals surface area contributed by atoms with E-state index in [9.17, 15) is 4.79 Å². The summed E-state index contributed by atoms with van der Waals surface area (Å²) in [6.07, 6.45) is 0.878. The van der Waals surface area contributed by atoms with Gasteiger partial charge in [0.1, 0.15) is 0 Å². The second-order valence-corrected chi connectivity index (χ2v) is 8.27. The zero-order chi connectivity index (χ0) is 21.1. The zero-order valence-corrected chi connectivity index (χ0v) is 17.9. The molecule has 1 atom stereocenters. The Balaban J connectivity index is 1.43. The van der Waals surface area contributed by atoms with Crippen LogP contribution in [0.3, 0.4) is 0 Å². The van der Waals surface area contributed by atoms with E-state index in [4.69, 9.17) is 13.9 Å². The molecule has 0 radical (unpaired) electrons. The first-order valence-electron chi connectivity index (χ1n) is 9.67. The number of hydrogen-bond acceptors (Lipinski definition) is 7. The molecule has 1 amide bonds. The van der Waals surface area contributed by atoms with Crippen molar-refractivity contribution < 1.29 is 18.7 Å². The third-order valence-electron chi connectivity index (χ3n) is 5.10. The fourth-order valence-electron chi connectivity index (χ4n) is 3.49. The Morgan fingerprint density at radius 1 is 1.10 bits per heavy atom. The molecule has 0 bridgehead atoms. The highest BCUT2D eigenvalue weighted by atomic mass is 32.2. The molecule has 3 aromatic rings. The average molecular weight is 426 g/mol. The smallest absolute Gasteiger partial charge is 0.277 e. The van der Waals surface area contributed by atoms with Gasteiger partial charge in [0, 0.05) is 18.7 Å². The summed E-state index contributed by atoms with van der Waals surface area (Å²) in [5.74, 6) is 1.64. The van der Waals surface area contributed by atoms with Crippen LogP contribution in [-0.2, 0) is 17.8 Å². The first-order valence-corrected chi connectivity index (χ1v) is 10.5. The van der Waals surface area contributed by atoms with Crippen molar-refractivity contribution in [1.29, 1.82) is 0 Å². The highest BCUT2D eigenvalue weighted by molar-refractivity contribution is 8.00. The van der Waals surface area contributed by atoms with Crippen LogP contribution in [0, 0.1) is 0 Å². The molecule has 0 saturated heterocycles. The van der Waals surface area contributed by atoms with Gasteiger partial charge in [-0.25, -0.2) is 0 Å². The lowest BCUT2D eigenvalue weighted by atomic mass is 10.00. The number of carbonyl (C=O) groups excluding carboxylic acids is 1. The van der Waals surface area contributed by atoms with Crippen LogP contribution in [0.1, 0.15) is 18.1 Å². The predicted molar refractivity (Wildman–Crippen MR) is 114 cm³/mol. The maximum atomic E-state index is 12.9. The van der Waals surface area contributed by atoms with Crippen LogP contribution in [0.4, 0.5) is 0 Å². The number of benzene rings is 2. The monoisotopic (exact) mass is 425 g/mol. The van der Waals surface area contributed by atoms with Gasteiger partial charge in [-0.15, -0.1) is 10.2 Å². The minimum atomic E-state index is -0.325. The Morgan fingerprint density at radius 2 is 1.87 bits per heavy atom. The molecule has 1 aliphatic heterocycles. The normalized spacial score (nSPS) is 14.2. The molecule has 30 heavy (non-hydrogen) atoms. The fraction of sp³-hybridized carbons (Fsp3) is 0.318. The molecule has 156 valence electrons. The average Bonchev–Trinajstić information content (AvgIpc) is 3.26. The van der Waals surface area contributed by atoms with E-state index < -0.39 is 0 Å².